The minimum absolute atomic E-state index is 0.0286. The van der Waals surface area contributed by atoms with Crippen LogP contribution < -0.4 is 4.74 Å². The average molecular weight is 299 g/mol. The van der Waals surface area contributed by atoms with Crippen molar-refractivity contribution in [3.05, 3.63) is 59.3 Å². The van der Waals surface area contributed by atoms with E-state index in [1.165, 1.54) is 6.92 Å². The molecule has 5 nitrogen and oxygen atoms in total. The molecule has 0 saturated heterocycles. The van der Waals surface area contributed by atoms with Crippen LogP contribution in [0.2, 0.25) is 0 Å². The fourth-order valence-electron chi connectivity index (χ4n) is 1.90. The van der Waals surface area contributed by atoms with E-state index in [1.54, 1.807) is 42.6 Å². The molecule has 0 saturated carbocycles. The number of aromatic nitrogens is 1. The van der Waals surface area contributed by atoms with Crippen molar-refractivity contribution in [3.63, 3.8) is 0 Å². The monoisotopic (exact) mass is 299 g/mol. The van der Waals surface area contributed by atoms with Gasteiger partial charge in [-0.1, -0.05) is 18.2 Å². The number of carbonyl (C=O) groups is 2. The van der Waals surface area contributed by atoms with Gasteiger partial charge >= 0.3 is 5.97 Å². The van der Waals surface area contributed by atoms with E-state index >= 15 is 0 Å². The SMILES string of the molecule is CCOc1ncccc1C(=O)OCc1cccc(C(C)=O)c1. The lowest BCUT2D eigenvalue weighted by molar-refractivity contribution is 0.0467. The van der Waals surface area contributed by atoms with Crippen molar-refractivity contribution in [1.82, 2.24) is 4.98 Å². The Morgan fingerprint density at radius 1 is 1.18 bits per heavy atom. The molecule has 0 N–H and O–H groups in total. The standard InChI is InChI=1S/C17H17NO4/c1-3-21-16-15(8-5-9-18-16)17(20)22-11-13-6-4-7-14(10-13)12(2)19/h4-10H,3,11H2,1-2H3. The van der Waals surface area contributed by atoms with Gasteiger partial charge < -0.3 is 9.47 Å². The predicted molar refractivity (Wildman–Crippen MR) is 81.0 cm³/mol. The van der Waals surface area contributed by atoms with Crippen LogP contribution in [0.5, 0.6) is 5.88 Å². The summed E-state index contributed by atoms with van der Waals surface area (Å²) in [6.07, 6.45) is 1.55. The normalized spacial score (nSPS) is 10.1. The van der Waals surface area contributed by atoms with Crippen molar-refractivity contribution in [2.75, 3.05) is 6.61 Å². The van der Waals surface area contributed by atoms with Crippen molar-refractivity contribution < 1.29 is 19.1 Å². The fraction of sp³-hybridized carbons (Fsp3) is 0.235. The molecule has 1 aromatic heterocycles. The smallest absolute Gasteiger partial charge is 0.343 e. The number of ether oxygens (including phenoxy) is 2. The highest BCUT2D eigenvalue weighted by molar-refractivity contribution is 5.94. The molecular formula is C17H17NO4. The number of hydrogen-bond donors (Lipinski definition) is 0. The number of Topliss-reactive ketones (excluding diaryl/α,β-unsaturated/α-hetero) is 1. The largest absolute Gasteiger partial charge is 0.477 e. The van der Waals surface area contributed by atoms with Gasteiger partial charge in [-0.15, -0.1) is 0 Å². The van der Waals surface area contributed by atoms with Crippen LogP contribution in [0.3, 0.4) is 0 Å². The molecule has 2 aromatic rings. The lowest BCUT2D eigenvalue weighted by Gasteiger charge is -2.09. The van der Waals surface area contributed by atoms with E-state index in [9.17, 15) is 9.59 Å². The summed E-state index contributed by atoms with van der Waals surface area (Å²) >= 11 is 0. The summed E-state index contributed by atoms with van der Waals surface area (Å²) in [5, 5.41) is 0. The Bertz CT molecular complexity index is 682. The van der Waals surface area contributed by atoms with Crippen LogP contribution in [0.4, 0.5) is 0 Å². The first-order valence-electron chi connectivity index (χ1n) is 6.96. The maximum absolute atomic E-state index is 12.1. The molecule has 22 heavy (non-hydrogen) atoms. The van der Waals surface area contributed by atoms with Gasteiger partial charge in [0, 0.05) is 11.8 Å². The van der Waals surface area contributed by atoms with Gasteiger partial charge in [0.15, 0.2) is 5.78 Å². The molecule has 1 aromatic carbocycles. The molecule has 114 valence electrons. The molecule has 0 amide bonds. The molecule has 0 radical (unpaired) electrons. The Morgan fingerprint density at radius 3 is 2.73 bits per heavy atom. The molecule has 1 heterocycles. The van der Waals surface area contributed by atoms with Gasteiger partial charge in [0.1, 0.15) is 12.2 Å². The third-order valence-corrected chi connectivity index (χ3v) is 2.98. The van der Waals surface area contributed by atoms with Crippen molar-refractivity contribution in [2.45, 2.75) is 20.5 Å². The van der Waals surface area contributed by atoms with Crippen molar-refractivity contribution >= 4 is 11.8 Å². The lowest BCUT2D eigenvalue weighted by Crippen LogP contribution is -2.09. The van der Waals surface area contributed by atoms with Gasteiger partial charge in [-0.3, -0.25) is 4.79 Å². The summed E-state index contributed by atoms with van der Waals surface area (Å²) in [4.78, 5) is 27.5. The van der Waals surface area contributed by atoms with E-state index in [0.29, 0.717) is 12.2 Å². The molecular weight excluding hydrogens is 282 g/mol. The number of benzene rings is 1. The number of pyridine rings is 1. The van der Waals surface area contributed by atoms with Gasteiger partial charge in [-0.2, -0.15) is 0 Å². The predicted octanol–water partition coefficient (Wildman–Crippen LogP) is 3.04. The molecule has 0 bridgehead atoms. The second-order valence-electron chi connectivity index (χ2n) is 4.62. The second kappa shape index (κ2) is 7.36. The Kier molecular flexibility index (Phi) is 5.25. The molecule has 5 heteroatoms. The van der Waals surface area contributed by atoms with E-state index in [2.05, 4.69) is 4.98 Å². The zero-order valence-corrected chi connectivity index (χ0v) is 12.5. The van der Waals surface area contributed by atoms with Gasteiger partial charge in [-0.25, -0.2) is 9.78 Å². The minimum atomic E-state index is -0.509. The maximum Gasteiger partial charge on any atom is 0.343 e. The van der Waals surface area contributed by atoms with Crippen LogP contribution in [-0.4, -0.2) is 23.3 Å². The van der Waals surface area contributed by atoms with E-state index in [4.69, 9.17) is 9.47 Å². The third-order valence-electron chi connectivity index (χ3n) is 2.98. The van der Waals surface area contributed by atoms with Crippen LogP contribution in [0.25, 0.3) is 0 Å². The van der Waals surface area contributed by atoms with Crippen LogP contribution in [0.15, 0.2) is 42.6 Å². The van der Waals surface area contributed by atoms with Gasteiger partial charge in [0.05, 0.1) is 6.61 Å². The number of ketones is 1. The maximum atomic E-state index is 12.1. The van der Waals surface area contributed by atoms with E-state index in [-0.39, 0.29) is 23.8 Å². The Morgan fingerprint density at radius 2 is 2.00 bits per heavy atom. The topological polar surface area (TPSA) is 65.5 Å². The van der Waals surface area contributed by atoms with Crippen LogP contribution in [0, 0.1) is 0 Å². The van der Waals surface area contributed by atoms with Crippen molar-refractivity contribution in [1.29, 1.82) is 0 Å². The molecule has 0 fully saturated rings. The second-order valence-corrected chi connectivity index (χ2v) is 4.62. The number of hydrogen-bond acceptors (Lipinski definition) is 5. The molecule has 0 aliphatic carbocycles. The quantitative estimate of drug-likeness (QED) is 0.606. The molecule has 0 atom stereocenters. The number of nitrogens with zero attached hydrogens (tertiary/aromatic N) is 1. The number of rotatable bonds is 6. The van der Waals surface area contributed by atoms with Crippen molar-refractivity contribution in [2.24, 2.45) is 0 Å². The molecule has 2 rings (SSSR count). The van der Waals surface area contributed by atoms with Crippen LogP contribution >= 0.6 is 0 Å². The first kappa shape index (κ1) is 15.7. The summed E-state index contributed by atoms with van der Waals surface area (Å²) in [7, 11) is 0. The minimum Gasteiger partial charge on any atom is -0.477 e. The molecule has 0 spiro atoms. The average Bonchev–Trinajstić information content (AvgIpc) is 2.53. The van der Waals surface area contributed by atoms with Crippen molar-refractivity contribution in [3.8, 4) is 5.88 Å². The summed E-state index contributed by atoms with van der Waals surface area (Å²) in [5.74, 6) is -0.281. The highest BCUT2D eigenvalue weighted by atomic mass is 16.5. The van der Waals surface area contributed by atoms with Crippen LogP contribution in [0.1, 0.15) is 40.1 Å². The summed E-state index contributed by atoms with van der Waals surface area (Å²) in [6.45, 7) is 3.81. The zero-order chi connectivity index (χ0) is 15.9. The summed E-state index contributed by atoms with van der Waals surface area (Å²) in [6, 6.07) is 10.2. The van der Waals surface area contributed by atoms with Crippen LogP contribution in [-0.2, 0) is 11.3 Å². The van der Waals surface area contributed by atoms with E-state index < -0.39 is 5.97 Å². The highest BCUT2D eigenvalue weighted by Gasteiger charge is 2.15. The van der Waals surface area contributed by atoms with Gasteiger partial charge in [0.25, 0.3) is 0 Å². The number of carbonyl (C=O) groups excluding carboxylic acids is 2. The highest BCUT2D eigenvalue weighted by Crippen LogP contribution is 2.16. The number of esters is 1. The molecule has 0 aliphatic heterocycles. The Labute approximate surface area is 128 Å². The zero-order valence-electron chi connectivity index (χ0n) is 12.5. The molecule has 0 aliphatic rings. The third kappa shape index (κ3) is 3.91. The van der Waals surface area contributed by atoms with E-state index in [0.717, 1.165) is 5.56 Å². The summed E-state index contributed by atoms with van der Waals surface area (Å²) < 4.78 is 10.6. The molecule has 0 unspecified atom stereocenters. The summed E-state index contributed by atoms with van der Waals surface area (Å²) in [5.41, 5.74) is 1.62. The lowest BCUT2D eigenvalue weighted by atomic mass is 10.1. The first-order valence-corrected chi connectivity index (χ1v) is 6.96. The van der Waals surface area contributed by atoms with Gasteiger partial charge in [-0.05, 0) is 37.6 Å². The first-order chi connectivity index (χ1) is 10.6. The van der Waals surface area contributed by atoms with Gasteiger partial charge in [0.2, 0.25) is 5.88 Å². The Balaban J connectivity index is 2.07. The fourth-order valence-corrected chi connectivity index (χ4v) is 1.90. The van der Waals surface area contributed by atoms with E-state index in [1.807, 2.05) is 6.92 Å². The Hall–Kier alpha value is -2.69.